The lowest BCUT2D eigenvalue weighted by Crippen LogP contribution is -2.27. The van der Waals surface area contributed by atoms with E-state index in [0.717, 1.165) is 18.4 Å². The van der Waals surface area contributed by atoms with Crippen molar-refractivity contribution in [3.05, 3.63) is 59.7 Å². The first-order chi connectivity index (χ1) is 11.8. The summed E-state index contributed by atoms with van der Waals surface area (Å²) in [5.41, 5.74) is 2.13. The summed E-state index contributed by atoms with van der Waals surface area (Å²) in [5.74, 6) is -0.223. The van der Waals surface area contributed by atoms with E-state index in [1.165, 1.54) is 16.4 Å². The summed E-state index contributed by atoms with van der Waals surface area (Å²) in [6.07, 6.45) is 1.75. The van der Waals surface area contributed by atoms with Crippen LogP contribution in [0.5, 0.6) is 0 Å². The van der Waals surface area contributed by atoms with E-state index in [1.807, 2.05) is 26.0 Å². The lowest BCUT2D eigenvalue weighted by Gasteiger charge is -2.17. The van der Waals surface area contributed by atoms with Gasteiger partial charge in [0, 0.05) is 24.8 Å². The fourth-order valence-corrected chi connectivity index (χ4v) is 3.59. The molecule has 5 nitrogen and oxygen atoms in total. The predicted octanol–water partition coefficient (Wildman–Crippen LogP) is 3.67. The van der Waals surface area contributed by atoms with Gasteiger partial charge in [0.1, 0.15) is 0 Å². The average Bonchev–Trinajstić information content (AvgIpc) is 2.60. The zero-order valence-corrected chi connectivity index (χ0v) is 15.6. The molecule has 0 aliphatic heterocycles. The first kappa shape index (κ1) is 19.1. The molecule has 0 saturated heterocycles. The normalized spacial score (nSPS) is 11.5. The van der Waals surface area contributed by atoms with Crippen molar-refractivity contribution in [3.8, 4) is 0 Å². The third-order valence-corrected chi connectivity index (χ3v) is 5.80. The number of aryl methyl sites for hydroxylation is 1. The minimum Gasteiger partial charge on any atom is -0.322 e. The van der Waals surface area contributed by atoms with Crippen LogP contribution in [0.25, 0.3) is 0 Å². The Hall–Kier alpha value is -2.18. The first-order valence-electron chi connectivity index (χ1n) is 8.29. The Labute approximate surface area is 149 Å². The van der Waals surface area contributed by atoms with E-state index in [2.05, 4.69) is 5.32 Å². The summed E-state index contributed by atoms with van der Waals surface area (Å²) in [7, 11) is -1.91. The molecule has 0 aromatic heterocycles. The number of nitrogens with zero attached hydrogens (tertiary/aromatic N) is 1. The standard InChI is InChI=1S/C19H24N2O3S/c1-4-5-13-21(3)25(23,24)18-11-9-17(10-12-18)20-19(22)16-8-6-7-15(2)14-16/h6-12,14H,4-5,13H2,1-3H3,(H,20,22). The van der Waals surface area contributed by atoms with Gasteiger partial charge in [-0.05, 0) is 49.7 Å². The molecule has 0 radical (unpaired) electrons. The average molecular weight is 360 g/mol. The van der Waals surface area contributed by atoms with Crippen molar-refractivity contribution >= 4 is 21.6 Å². The van der Waals surface area contributed by atoms with Gasteiger partial charge < -0.3 is 5.32 Å². The van der Waals surface area contributed by atoms with Gasteiger partial charge >= 0.3 is 0 Å². The van der Waals surface area contributed by atoms with Crippen molar-refractivity contribution in [1.82, 2.24) is 4.31 Å². The minimum absolute atomic E-state index is 0.222. The lowest BCUT2D eigenvalue weighted by atomic mass is 10.1. The zero-order chi connectivity index (χ0) is 18.4. The number of amides is 1. The molecular formula is C19H24N2O3S. The quantitative estimate of drug-likeness (QED) is 0.819. The van der Waals surface area contributed by atoms with Crippen molar-refractivity contribution in [3.63, 3.8) is 0 Å². The van der Waals surface area contributed by atoms with Crippen LogP contribution >= 0.6 is 0 Å². The van der Waals surface area contributed by atoms with Crippen LogP contribution in [0.2, 0.25) is 0 Å². The Bertz CT molecular complexity index is 830. The van der Waals surface area contributed by atoms with Gasteiger partial charge in [-0.3, -0.25) is 4.79 Å². The number of hydrogen-bond donors (Lipinski definition) is 1. The van der Waals surface area contributed by atoms with Crippen LogP contribution in [0.3, 0.4) is 0 Å². The minimum atomic E-state index is -3.49. The zero-order valence-electron chi connectivity index (χ0n) is 14.8. The molecule has 0 bridgehead atoms. The first-order valence-corrected chi connectivity index (χ1v) is 9.73. The van der Waals surface area contributed by atoms with Gasteiger partial charge in [0.05, 0.1) is 4.90 Å². The molecule has 1 amide bonds. The number of unbranched alkanes of at least 4 members (excludes halogenated alkanes) is 1. The summed E-state index contributed by atoms with van der Waals surface area (Å²) in [6.45, 7) is 4.43. The summed E-state index contributed by atoms with van der Waals surface area (Å²) < 4.78 is 26.3. The Morgan fingerprint density at radius 1 is 1.12 bits per heavy atom. The highest BCUT2D eigenvalue weighted by Crippen LogP contribution is 2.18. The number of rotatable bonds is 7. The number of nitrogens with one attached hydrogen (secondary N) is 1. The molecule has 2 rings (SSSR count). The van der Waals surface area contributed by atoms with E-state index in [1.54, 1.807) is 31.3 Å². The molecule has 0 spiro atoms. The Morgan fingerprint density at radius 3 is 2.40 bits per heavy atom. The van der Waals surface area contributed by atoms with E-state index in [9.17, 15) is 13.2 Å². The van der Waals surface area contributed by atoms with E-state index in [4.69, 9.17) is 0 Å². The second kappa shape index (κ2) is 8.27. The van der Waals surface area contributed by atoms with Gasteiger partial charge in [-0.15, -0.1) is 0 Å². The highest BCUT2D eigenvalue weighted by molar-refractivity contribution is 7.89. The highest BCUT2D eigenvalue weighted by atomic mass is 32.2. The number of anilines is 1. The van der Waals surface area contributed by atoms with Crippen molar-refractivity contribution in [2.45, 2.75) is 31.6 Å². The summed E-state index contributed by atoms with van der Waals surface area (Å²) in [5, 5.41) is 2.78. The molecule has 0 aliphatic carbocycles. The summed E-state index contributed by atoms with van der Waals surface area (Å²) in [4.78, 5) is 12.5. The van der Waals surface area contributed by atoms with Crippen molar-refractivity contribution in [1.29, 1.82) is 0 Å². The van der Waals surface area contributed by atoms with Crippen LogP contribution in [-0.2, 0) is 10.0 Å². The largest absolute Gasteiger partial charge is 0.322 e. The van der Waals surface area contributed by atoms with Crippen molar-refractivity contribution in [2.75, 3.05) is 18.9 Å². The molecule has 0 heterocycles. The molecule has 1 N–H and O–H groups in total. The molecule has 6 heteroatoms. The van der Waals surface area contributed by atoms with Crippen LogP contribution in [0.4, 0.5) is 5.69 Å². The molecule has 0 unspecified atom stereocenters. The smallest absolute Gasteiger partial charge is 0.255 e. The fourth-order valence-electron chi connectivity index (χ4n) is 2.38. The SMILES string of the molecule is CCCCN(C)S(=O)(=O)c1ccc(NC(=O)c2cccc(C)c2)cc1. The molecule has 2 aromatic carbocycles. The van der Waals surface area contributed by atoms with Crippen LogP contribution in [0.1, 0.15) is 35.7 Å². The number of sulfonamides is 1. The van der Waals surface area contributed by atoms with Gasteiger partial charge in [0.15, 0.2) is 0 Å². The maximum Gasteiger partial charge on any atom is 0.255 e. The topological polar surface area (TPSA) is 66.5 Å². The molecule has 0 atom stereocenters. The van der Waals surface area contributed by atoms with Gasteiger partial charge in [0.2, 0.25) is 10.0 Å². The fraction of sp³-hybridized carbons (Fsp3) is 0.316. The van der Waals surface area contributed by atoms with Gasteiger partial charge in [-0.25, -0.2) is 12.7 Å². The third-order valence-electron chi connectivity index (χ3n) is 3.93. The van der Waals surface area contributed by atoms with Gasteiger partial charge in [-0.1, -0.05) is 31.0 Å². The molecule has 0 saturated carbocycles. The van der Waals surface area contributed by atoms with E-state index in [0.29, 0.717) is 17.8 Å². The molecular weight excluding hydrogens is 336 g/mol. The maximum atomic E-state index is 12.5. The van der Waals surface area contributed by atoms with Gasteiger partial charge in [0.25, 0.3) is 5.91 Å². The predicted molar refractivity (Wildman–Crippen MR) is 100 cm³/mol. The summed E-state index contributed by atoms with van der Waals surface area (Å²) >= 11 is 0. The number of carbonyl (C=O) groups is 1. The molecule has 0 aliphatic rings. The number of hydrogen-bond acceptors (Lipinski definition) is 3. The molecule has 0 fully saturated rings. The second-order valence-electron chi connectivity index (χ2n) is 6.03. The van der Waals surface area contributed by atoms with Crippen LogP contribution in [0, 0.1) is 6.92 Å². The number of benzene rings is 2. The molecule has 134 valence electrons. The highest BCUT2D eigenvalue weighted by Gasteiger charge is 2.20. The second-order valence-corrected chi connectivity index (χ2v) is 8.07. The van der Waals surface area contributed by atoms with Crippen LogP contribution < -0.4 is 5.32 Å². The monoisotopic (exact) mass is 360 g/mol. The van der Waals surface area contributed by atoms with Crippen LogP contribution in [0.15, 0.2) is 53.4 Å². The maximum absolute atomic E-state index is 12.5. The van der Waals surface area contributed by atoms with E-state index in [-0.39, 0.29) is 10.8 Å². The Kier molecular flexibility index (Phi) is 6.33. The van der Waals surface area contributed by atoms with Crippen molar-refractivity contribution in [2.24, 2.45) is 0 Å². The van der Waals surface area contributed by atoms with Crippen LogP contribution in [-0.4, -0.2) is 32.2 Å². The van der Waals surface area contributed by atoms with Crippen molar-refractivity contribution < 1.29 is 13.2 Å². The van der Waals surface area contributed by atoms with E-state index >= 15 is 0 Å². The third kappa shape index (κ3) is 4.90. The molecule has 25 heavy (non-hydrogen) atoms. The van der Waals surface area contributed by atoms with E-state index < -0.39 is 10.0 Å². The van der Waals surface area contributed by atoms with Gasteiger partial charge in [-0.2, -0.15) is 0 Å². The Morgan fingerprint density at radius 2 is 1.80 bits per heavy atom. The molecule has 2 aromatic rings. The summed E-state index contributed by atoms with van der Waals surface area (Å²) in [6, 6.07) is 13.5. The lowest BCUT2D eigenvalue weighted by molar-refractivity contribution is 0.102. The number of carbonyl (C=O) groups excluding carboxylic acids is 1. The Balaban J connectivity index is 2.10.